The Labute approximate surface area is 370 Å². The average Bonchev–Trinajstić information content (AvgIpc) is 3.87. The van der Waals surface area contributed by atoms with Gasteiger partial charge in [-0.15, -0.1) is 6.42 Å². The minimum Gasteiger partial charge on any atom is -0.310 e. The zero-order valence-corrected chi connectivity index (χ0v) is 35.4. The highest BCUT2D eigenvalue weighted by Gasteiger charge is 2.20. The zero-order valence-electron chi connectivity index (χ0n) is 35.4. The van der Waals surface area contributed by atoms with Crippen molar-refractivity contribution in [1.29, 1.82) is 0 Å². The molecule has 0 atom stereocenters. The molecule has 0 spiro atoms. The molecule has 2 aromatic heterocycles. The first-order valence-corrected chi connectivity index (χ1v) is 22.1. The van der Waals surface area contributed by atoms with Crippen LogP contribution in [-0.2, 0) is 12.8 Å². The summed E-state index contributed by atoms with van der Waals surface area (Å²) in [4.78, 5) is 0. The van der Waals surface area contributed by atoms with Crippen molar-refractivity contribution in [2.24, 2.45) is 0 Å². The molecule has 2 aliphatic carbocycles. The Morgan fingerprint density at radius 3 is 1.41 bits per heavy atom. The minimum absolute atomic E-state index is 1.07. The van der Waals surface area contributed by atoms with Gasteiger partial charge in [-0.25, -0.2) is 0 Å². The third-order valence-corrected chi connectivity index (χ3v) is 12.9. The second-order valence-corrected chi connectivity index (χ2v) is 16.6. The van der Waals surface area contributed by atoms with Crippen LogP contribution in [0.25, 0.3) is 95.4 Å². The van der Waals surface area contributed by atoms with Crippen molar-refractivity contribution < 1.29 is 0 Å². The van der Waals surface area contributed by atoms with Gasteiger partial charge in [0.25, 0.3) is 0 Å². The van der Waals surface area contributed by atoms with E-state index in [1.165, 1.54) is 72.3 Å². The molecule has 2 heterocycles. The fourth-order valence-electron chi connectivity index (χ4n) is 9.92. The van der Waals surface area contributed by atoms with E-state index in [0.29, 0.717) is 0 Å². The summed E-state index contributed by atoms with van der Waals surface area (Å²) in [7, 11) is 0. The molecule has 0 saturated carbocycles. The highest BCUT2D eigenvalue weighted by molar-refractivity contribution is 5.93. The summed E-state index contributed by atoms with van der Waals surface area (Å²) in [5.41, 5.74) is 21.8. The maximum atomic E-state index is 5.74. The van der Waals surface area contributed by atoms with E-state index in [1.807, 2.05) is 6.08 Å². The number of aromatic nitrogens is 2. The highest BCUT2D eigenvalue weighted by Crippen LogP contribution is 2.40. The monoisotopic (exact) mass is 806 g/mol. The van der Waals surface area contributed by atoms with Crippen LogP contribution in [0.15, 0.2) is 194 Å². The molecular formula is C61H46N2. The highest BCUT2D eigenvalue weighted by atomic mass is 15.0. The van der Waals surface area contributed by atoms with Crippen LogP contribution in [-0.4, -0.2) is 9.13 Å². The SMILES string of the molecule is C#C/C=C\C(=C/C)c1cc(-c2ccc(-n3c4c(c5ccccc53)CCC=C4)cc2)cc(-c2cc(-c3ccccc3)cc(-c3ccc(-n4c5c(c6ccccc64)CCC=C5)cc3)c2)c1. The molecule has 0 aliphatic heterocycles. The first-order valence-electron chi connectivity index (χ1n) is 22.1. The molecule has 0 unspecified atom stereocenters. The van der Waals surface area contributed by atoms with Crippen LogP contribution in [0, 0.1) is 12.3 Å². The number of hydrogen-bond acceptors (Lipinski definition) is 0. The van der Waals surface area contributed by atoms with E-state index in [0.717, 1.165) is 64.8 Å². The van der Waals surface area contributed by atoms with Crippen molar-refractivity contribution in [2.75, 3.05) is 0 Å². The Balaban J connectivity index is 1.03. The lowest BCUT2D eigenvalue weighted by molar-refractivity contribution is 0.967. The Kier molecular flexibility index (Phi) is 9.80. The Morgan fingerprint density at radius 2 is 0.921 bits per heavy atom. The molecule has 2 heteroatoms. The van der Waals surface area contributed by atoms with Crippen LogP contribution < -0.4 is 0 Å². The summed E-state index contributed by atoms with van der Waals surface area (Å²) >= 11 is 0. The number of hydrogen-bond donors (Lipinski definition) is 0. The number of nitrogens with zero attached hydrogens (tertiary/aromatic N) is 2. The van der Waals surface area contributed by atoms with E-state index in [2.05, 4.69) is 216 Å². The maximum Gasteiger partial charge on any atom is 0.0537 e. The number of terminal acetylenes is 1. The lowest BCUT2D eigenvalue weighted by atomic mass is 9.89. The molecule has 300 valence electrons. The topological polar surface area (TPSA) is 9.86 Å². The number of para-hydroxylation sites is 2. The van der Waals surface area contributed by atoms with Gasteiger partial charge in [-0.3, -0.25) is 0 Å². The Hall–Kier alpha value is -7.86. The van der Waals surface area contributed by atoms with Gasteiger partial charge >= 0.3 is 0 Å². The third-order valence-electron chi connectivity index (χ3n) is 12.9. The molecule has 2 aliphatic rings. The van der Waals surface area contributed by atoms with Gasteiger partial charge in [0.15, 0.2) is 0 Å². The van der Waals surface area contributed by atoms with E-state index in [-0.39, 0.29) is 0 Å². The summed E-state index contributed by atoms with van der Waals surface area (Å²) in [6, 6.07) is 60.5. The molecule has 0 fully saturated rings. The summed E-state index contributed by atoms with van der Waals surface area (Å²) in [6.45, 7) is 2.08. The Bertz CT molecular complexity index is 3370. The van der Waals surface area contributed by atoms with Gasteiger partial charge in [-0.2, -0.15) is 0 Å². The van der Waals surface area contributed by atoms with Gasteiger partial charge in [0.05, 0.1) is 11.0 Å². The molecule has 63 heavy (non-hydrogen) atoms. The number of aryl methyl sites for hydroxylation is 2. The fourth-order valence-corrected chi connectivity index (χ4v) is 9.92. The Morgan fingerprint density at radius 1 is 0.492 bits per heavy atom. The van der Waals surface area contributed by atoms with Crippen LogP contribution >= 0.6 is 0 Å². The molecule has 0 amide bonds. The molecule has 0 bridgehead atoms. The van der Waals surface area contributed by atoms with Gasteiger partial charge < -0.3 is 9.13 Å². The van der Waals surface area contributed by atoms with Crippen LogP contribution in [0.2, 0.25) is 0 Å². The van der Waals surface area contributed by atoms with Crippen LogP contribution in [0.5, 0.6) is 0 Å². The number of rotatable bonds is 8. The molecule has 0 saturated heterocycles. The van der Waals surface area contributed by atoms with Crippen molar-refractivity contribution in [3.05, 3.63) is 222 Å². The number of benzene rings is 7. The van der Waals surface area contributed by atoms with Gasteiger partial charge in [-0.1, -0.05) is 115 Å². The standard InChI is InChI=1S/C61H46N2/c1-3-5-17-42(4-2)46-36-48(44-28-32-52(33-29-44)62-58-24-13-9-20-54(58)55-21-10-14-25-59(55)62)40-50(37-46)51-39-47(43-18-7-6-8-19-43)38-49(41-51)45-30-34-53(35-31-45)63-60-26-15-11-22-56(60)57-23-12-16-27-61(57)63/h1,4-9,11,13-20,22,24-41H,10,12,21,23H2,2H3/b17-5-,42-4+. The normalized spacial score (nSPS) is 13.4. The molecule has 9 aromatic rings. The first-order chi connectivity index (χ1) is 31.1. The maximum absolute atomic E-state index is 5.74. The van der Waals surface area contributed by atoms with E-state index >= 15 is 0 Å². The van der Waals surface area contributed by atoms with Crippen molar-refractivity contribution >= 4 is 39.5 Å². The van der Waals surface area contributed by atoms with Gasteiger partial charge in [0, 0.05) is 33.5 Å². The molecule has 0 radical (unpaired) electrons. The average molecular weight is 807 g/mol. The van der Waals surface area contributed by atoms with Crippen LogP contribution in [0.1, 0.15) is 47.8 Å². The first kappa shape index (κ1) is 38.1. The van der Waals surface area contributed by atoms with Crippen LogP contribution in [0.4, 0.5) is 0 Å². The van der Waals surface area contributed by atoms with Crippen molar-refractivity contribution in [1.82, 2.24) is 9.13 Å². The predicted octanol–water partition coefficient (Wildman–Crippen LogP) is 15.8. The van der Waals surface area contributed by atoms with Crippen molar-refractivity contribution in [3.8, 4) is 68.2 Å². The van der Waals surface area contributed by atoms with E-state index < -0.39 is 0 Å². The summed E-state index contributed by atoms with van der Waals surface area (Å²) < 4.78 is 4.85. The van der Waals surface area contributed by atoms with E-state index in [9.17, 15) is 0 Å². The van der Waals surface area contributed by atoms with Crippen molar-refractivity contribution in [2.45, 2.75) is 32.6 Å². The smallest absolute Gasteiger partial charge is 0.0537 e. The van der Waals surface area contributed by atoms with E-state index in [4.69, 9.17) is 6.42 Å². The van der Waals surface area contributed by atoms with Gasteiger partial charge in [-0.05, 0) is 196 Å². The largest absolute Gasteiger partial charge is 0.310 e. The lowest BCUT2D eigenvalue weighted by Crippen LogP contribution is -2.00. The minimum atomic E-state index is 1.07. The molecule has 7 aromatic carbocycles. The summed E-state index contributed by atoms with van der Waals surface area (Å²) in [5, 5.41) is 2.69. The second kappa shape index (κ2) is 16.2. The molecule has 2 nitrogen and oxygen atoms in total. The van der Waals surface area contributed by atoms with E-state index in [1.54, 1.807) is 6.08 Å². The quantitative estimate of drug-likeness (QED) is 0.107. The summed E-state index contributed by atoms with van der Waals surface area (Å²) in [6.07, 6.45) is 25.2. The molecule has 0 N–H and O–H groups in total. The van der Waals surface area contributed by atoms with Crippen molar-refractivity contribution in [3.63, 3.8) is 0 Å². The lowest BCUT2D eigenvalue weighted by Gasteiger charge is -2.16. The fraction of sp³-hybridized carbons (Fsp3) is 0.0820. The summed E-state index contributed by atoms with van der Waals surface area (Å²) in [5.74, 6) is 2.70. The van der Waals surface area contributed by atoms with Gasteiger partial charge in [0.1, 0.15) is 0 Å². The third kappa shape index (κ3) is 6.89. The predicted molar refractivity (Wildman–Crippen MR) is 268 cm³/mol. The molecular weight excluding hydrogens is 761 g/mol. The second-order valence-electron chi connectivity index (χ2n) is 16.6. The zero-order chi connectivity index (χ0) is 42.3. The number of allylic oxidation sites excluding steroid dienone is 6. The molecule has 11 rings (SSSR count). The van der Waals surface area contributed by atoms with Crippen LogP contribution in [0.3, 0.4) is 0 Å². The number of fused-ring (bicyclic) bond motifs is 6. The van der Waals surface area contributed by atoms with Gasteiger partial charge in [0.2, 0.25) is 0 Å².